The van der Waals surface area contributed by atoms with E-state index in [1.54, 1.807) is 25.1 Å². The molecule has 2 N–H and O–H groups in total. The Morgan fingerprint density at radius 2 is 1.83 bits per heavy atom. The monoisotopic (exact) mass is 482 g/mol. The van der Waals surface area contributed by atoms with Gasteiger partial charge in [-0.3, -0.25) is 20.4 Å². The molecule has 2 amide bonds. The molecule has 0 aliphatic rings. The topological polar surface area (TPSA) is 76.7 Å². The third-order valence-corrected chi connectivity index (χ3v) is 5.17. The summed E-state index contributed by atoms with van der Waals surface area (Å²) in [5.74, 6) is 0.462. The lowest BCUT2D eigenvalue weighted by atomic mass is 9.98. The molecule has 2 aromatic rings. The van der Waals surface area contributed by atoms with Crippen molar-refractivity contribution in [2.75, 3.05) is 6.61 Å². The molecule has 0 saturated carbocycles. The molecule has 6 nitrogen and oxygen atoms in total. The summed E-state index contributed by atoms with van der Waals surface area (Å²) >= 11 is 9.17. The average Bonchev–Trinajstić information content (AvgIpc) is 2.71. The van der Waals surface area contributed by atoms with E-state index in [1.165, 1.54) is 0 Å². The fraction of sp³-hybridized carbons (Fsp3) is 0.333. The van der Waals surface area contributed by atoms with E-state index in [0.717, 1.165) is 12.0 Å². The summed E-state index contributed by atoms with van der Waals surface area (Å²) in [6.45, 7) is 5.55. The number of benzene rings is 2. The Balaban J connectivity index is 1.83. The van der Waals surface area contributed by atoms with E-state index in [0.29, 0.717) is 26.9 Å². The van der Waals surface area contributed by atoms with Gasteiger partial charge in [0.05, 0.1) is 4.47 Å². The fourth-order valence-corrected chi connectivity index (χ4v) is 3.26. The lowest BCUT2D eigenvalue weighted by Gasteiger charge is -2.19. The highest BCUT2D eigenvalue weighted by Gasteiger charge is 2.18. The molecule has 0 heterocycles. The number of nitrogens with one attached hydrogen (secondary N) is 2. The minimum Gasteiger partial charge on any atom is -0.483 e. The molecule has 0 aliphatic heterocycles. The van der Waals surface area contributed by atoms with Crippen LogP contribution in [0.1, 0.15) is 38.7 Å². The molecule has 0 saturated heterocycles. The Kier molecular flexibility index (Phi) is 8.79. The van der Waals surface area contributed by atoms with Crippen LogP contribution in [0.15, 0.2) is 46.9 Å². The van der Waals surface area contributed by atoms with E-state index in [1.807, 2.05) is 24.3 Å². The first-order chi connectivity index (χ1) is 13.8. The smallest absolute Gasteiger partial charge is 0.279 e. The molecule has 156 valence electrons. The van der Waals surface area contributed by atoms with E-state index >= 15 is 0 Å². The largest absolute Gasteiger partial charge is 0.483 e. The number of amides is 2. The third-order valence-electron chi connectivity index (χ3n) is 4.31. The Morgan fingerprint density at radius 1 is 1.10 bits per heavy atom. The van der Waals surface area contributed by atoms with Gasteiger partial charge in [0.2, 0.25) is 0 Å². The summed E-state index contributed by atoms with van der Waals surface area (Å²) in [5, 5.41) is 0.546. The molecule has 0 aliphatic carbocycles. The van der Waals surface area contributed by atoms with Gasteiger partial charge in [0.1, 0.15) is 11.5 Å². The molecule has 0 radical (unpaired) electrons. The summed E-state index contributed by atoms with van der Waals surface area (Å²) in [6, 6.07) is 12.6. The number of hydrazine groups is 1. The zero-order valence-corrected chi connectivity index (χ0v) is 18.8. The second kappa shape index (κ2) is 11.1. The number of rotatable bonds is 8. The quantitative estimate of drug-likeness (QED) is 0.538. The number of carbonyl (C=O) groups is 2. The molecule has 0 spiro atoms. The maximum absolute atomic E-state index is 12.3. The van der Waals surface area contributed by atoms with E-state index in [4.69, 9.17) is 21.1 Å². The van der Waals surface area contributed by atoms with Crippen molar-refractivity contribution < 1.29 is 19.1 Å². The molecule has 0 fully saturated rings. The van der Waals surface area contributed by atoms with Crippen LogP contribution in [0.4, 0.5) is 0 Å². The second-order valence-electron chi connectivity index (χ2n) is 6.51. The molecule has 29 heavy (non-hydrogen) atoms. The molecule has 0 bridgehead atoms. The van der Waals surface area contributed by atoms with Gasteiger partial charge in [0, 0.05) is 5.02 Å². The molecular formula is C21H24BrClN2O4. The summed E-state index contributed by atoms with van der Waals surface area (Å²) < 4.78 is 11.8. The molecule has 2 aromatic carbocycles. The van der Waals surface area contributed by atoms with Gasteiger partial charge in [0.25, 0.3) is 11.8 Å². The third kappa shape index (κ3) is 6.94. The van der Waals surface area contributed by atoms with Crippen LogP contribution >= 0.6 is 27.5 Å². The van der Waals surface area contributed by atoms with Gasteiger partial charge in [-0.05, 0) is 65.0 Å². The second-order valence-corrected chi connectivity index (χ2v) is 7.80. The maximum atomic E-state index is 12.3. The average molecular weight is 484 g/mol. The van der Waals surface area contributed by atoms with Gasteiger partial charge in [-0.25, -0.2) is 0 Å². The number of halogens is 2. The van der Waals surface area contributed by atoms with E-state index in [-0.39, 0.29) is 6.61 Å². The molecular weight excluding hydrogens is 460 g/mol. The van der Waals surface area contributed by atoms with Crippen LogP contribution in [-0.4, -0.2) is 24.5 Å². The number of para-hydroxylation sites is 1. The maximum Gasteiger partial charge on any atom is 0.279 e. The van der Waals surface area contributed by atoms with Gasteiger partial charge in [-0.15, -0.1) is 0 Å². The van der Waals surface area contributed by atoms with Gasteiger partial charge in [0.15, 0.2) is 12.7 Å². The Labute approximate surface area is 184 Å². The van der Waals surface area contributed by atoms with Crippen LogP contribution in [0.5, 0.6) is 11.5 Å². The molecule has 0 aromatic heterocycles. The molecule has 2 rings (SSSR count). The highest BCUT2D eigenvalue weighted by molar-refractivity contribution is 9.10. The predicted molar refractivity (Wildman–Crippen MR) is 116 cm³/mol. The first-order valence-electron chi connectivity index (χ1n) is 9.24. The summed E-state index contributed by atoms with van der Waals surface area (Å²) in [5.41, 5.74) is 5.70. The predicted octanol–water partition coefficient (Wildman–Crippen LogP) is 4.61. The van der Waals surface area contributed by atoms with Crippen molar-refractivity contribution >= 4 is 39.3 Å². The molecule has 2 unspecified atom stereocenters. The normalized spacial score (nSPS) is 12.6. The van der Waals surface area contributed by atoms with Crippen molar-refractivity contribution in [1.29, 1.82) is 0 Å². The first-order valence-corrected chi connectivity index (χ1v) is 10.4. The van der Waals surface area contributed by atoms with Gasteiger partial charge < -0.3 is 9.47 Å². The highest BCUT2D eigenvalue weighted by atomic mass is 79.9. The molecule has 2 atom stereocenters. The SMILES string of the molecule is CCC(C)c1ccccc1OC(C)C(=O)NNC(=O)COc1ccc(Cl)cc1Br. The zero-order valence-electron chi connectivity index (χ0n) is 16.5. The van der Waals surface area contributed by atoms with Crippen LogP contribution in [0.2, 0.25) is 5.02 Å². The summed E-state index contributed by atoms with van der Waals surface area (Å²) in [4.78, 5) is 24.2. The standard InChI is InChI=1S/C21H24BrClN2O4/c1-4-13(2)16-7-5-6-8-18(16)29-14(3)21(27)25-24-20(26)12-28-19-10-9-15(23)11-17(19)22/h5-11,13-14H,4,12H2,1-3H3,(H,24,26)(H,25,27). The minimum absolute atomic E-state index is 0.271. The van der Waals surface area contributed by atoms with Crippen LogP contribution in [0, 0.1) is 0 Å². The van der Waals surface area contributed by atoms with Gasteiger partial charge >= 0.3 is 0 Å². The van der Waals surface area contributed by atoms with Crippen molar-refractivity contribution in [3.8, 4) is 11.5 Å². The van der Waals surface area contributed by atoms with Crippen LogP contribution in [0.3, 0.4) is 0 Å². The van der Waals surface area contributed by atoms with Crippen molar-refractivity contribution in [2.24, 2.45) is 0 Å². The number of ether oxygens (including phenoxy) is 2. The Bertz CT molecular complexity index is 862. The van der Waals surface area contributed by atoms with Crippen LogP contribution in [0.25, 0.3) is 0 Å². The summed E-state index contributed by atoms with van der Waals surface area (Å²) in [6.07, 6.45) is 0.174. The lowest BCUT2D eigenvalue weighted by Crippen LogP contribution is -2.48. The molecule has 8 heteroatoms. The van der Waals surface area contributed by atoms with Crippen molar-refractivity contribution in [1.82, 2.24) is 10.9 Å². The van der Waals surface area contributed by atoms with Gasteiger partial charge in [-0.2, -0.15) is 0 Å². The Morgan fingerprint density at radius 3 is 2.52 bits per heavy atom. The highest BCUT2D eigenvalue weighted by Crippen LogP contribution is 2.29. The van der Waals surface area contributed by atoms with E-state index in [9.17, 15) is 9.59 Å². The van der Waals surface area contributed by atoms with Gasteiger partial charge in [-0.1, -0.05) is 43.6 Å². The van der Waals surface area contributed by atoms with E-state index in [2.05, 4.69) is 40.6 Å². The number of hydrogen-bond acceptors (Lipinski definition) is 4. The minimum atomic E-state index is -0.785. The zero-order chi connectivity index (χ0) is 21.4. The Hall–Kier alpha value is -2.25. The van der Waals surface area contributed by atoms with Crippen molar-refractivity contribution in [3.63, 3.8) is 0 Å². The summed E-state index contributed by atoms with van der Waals surface area (Å²) in [7, 11) is 0. The van der Waals surface area contributed by atoms with E-state index < -0.39 is 17.9 Å². The number of hydrogen-bond donors (Lipinski definition) is 2. The first kappa shape index (κ1) is 23.0. The van der Waals surface area contributed by atoms with Crippen LogP contribution < -0.4 is 20.3 Å². The van der Waals surface area contributed by atoms with Crippen molar-refractivity contribution in [2.45, 2.75) is 39.2 Å². The fourth-order valence-electron chi connectivity index (χ4n) is 2.46. The number of carbonyl (C=O) groups excluding carboxylic acids is 2. The van der Waals surface area contributed by atoms with Crippen LogP contribution in [-0.2, 0) is 9.59 Å². The lowest BCUT2D eigenvalue weighted by molar-refractivity contribution is -0.133. The van der Waals surface area contributed by atoms with Crippen molar-refractivity contribution in [3.05, 3.63) is 57.5 Å².